The first kappa shape index (κ1) is 47.4. The van der Waals surface area contributed by atoms with E-state index in [4.69, 9.17) is 58.7 Å². The van der Waals surface area contributed by atoms with Crippen LogP contribution in [0.5, 0.6) is 0 Å². The second kappa shape index (κ2) is 23.5. The minimum absolute atomic E-state index is 0.00123. The summed E-state index contributed by atoms with van der Waals surface area (Å²) in [4.78, 5) is 83.5. The van der Waals surface area contributed by atoms with Crippen LogP contribution >= 0.6 is 6.72 Å². The average molecular weight is 850 g/mol. The Kier molecular flexibility index (Phi) is 19.5. The van der Waals surface area contributed by atoms with Crippen molar-refractivity contribution < 1.29 is 80.6 Å². The number of unbranched alkanes of at least 4 members (excludes halogenated alkanes) is 1. The van der Waals surface area contributed by atoms with Gasteiger partial charge in [-0.25, -0.2) is 9.59 Å². The molecule has 22 heteroatoms. The number of esters is 3. The monoisotopic (exact) mass is 849 g/mol. The van der Waals surface area contributed by atoms with Crippen LogP contribution in [-0.2, 0) is 84.5 Å². The van der Waals surface area contributed by atoms with E-state index in [-0.39, 0.29) is 39.4 Å². The Balaban J connectivity index is 1.56. The number of amides is 3. The summed E-state index contributed by atoms with van der Waals surface area (Å²) in [5, 5.41) is 8.21. The third-order valence-electron chi connectivity index (χ3n) is 8.64. The number of ether oxygens (including phenoxy) is 8. The molecule has 1 saturated heterocycles. The minimum Gasteiger partial charge on any atom is -0.463 e. The molecule has 1 aromatic carbocycles. The van der Waals surface area contributed by atoms with Gasteiger partial charge in [0.2, 0.25) is 5.91 Å². The van der Waals surface area contributed by atoms with Crippen molar-refractivity contribution >= 4 is 54.5 Å². The molecular formula is C35H52N3O17PS. The van der Waals surface area contributed by atoms with Gasteiger partial charge in [0.25, 0.3) is 0 Å². The van der Waals surface area contributed by atoms with E-state index in [1.807, 2.05) is 6.07 Å². The van der Waals surface area contributed by atoms with Gasteiger partial charge in [0.05, 0.1) is 6.04 Å². The van der Waals surface area contributed by atoms with Crippen molar-refractivity contribution in [2.45, 2.75) is 102 Å². The molecular weight excluding hydrogens is 797 g/mol. The molecule has 3 amide bonds. The molecule has 4 N–H and O–H groups in total. The van der Waals surface area contributed by atoms with E-state index >= 15 is 0 Å². The Labute approximate surface area is 335 Å². The summed E-state index contributed by atoms with van der Waals surface area (Å²) >= 11 is 5.06. The van der Waals surface area contributed by atoms with Crippen LogP contribution in [0.4, 0.5) is 9.59 Å². The number of hydrogen-bond donors (Lipinski definition) is 4. The smallest absolute Gasteiger partial charge is 0.463 e. The lowest BCUT2D eigenvalue weighted by molar-refractivity contribution is -0.277. The average Bonchev–Trinajstić information content (AvgIpc) is 3.46. The van der Waals surface area contributed by atoms with Crippen molar-refractivity contribution in [3.8, 4) is 0 Å². The summed E-state index contributed by atoms with van der Waals surface area (Å²) < 4.78 is 54.7. The number of carbonyl (C=O) groups excluding carboxylic acids is 6. The molecule has 3 rings (SSSR count). The van der Waals surface area contributed by atoms with E-state index in [0.29, 0.717) is 12.8 Å². The highest BCUT2D eigenvalue weighted by atomic mass is 32.5. The summed E-state index contributed by atoms with van der Waals surface area (Å²) in [6, 6.07) is 6.72. The summed E-state index contributed by atoms with van der Waals surface area (Å²) in [6.07, 6.45) is -6.48. The molecule has 0 spiro atoms. The first-order valence-corrected chi connectivity index (χ1v) is 20.6. The molecule has 1 aliphatic heterocycles. The second-order valence-electron chi connectivity index (χ2n) is 13.1. The Morgan fingerprint density at radius 1 is 0.842 bits per heavy atom. The van der Waals surface area contributed by atoms with Gasteiger partial charge >= 0.3 is 36.8 Å². The number of methoxy groups -OCH3 is 1. The van der Waals surface area contributed by atoms with Crippen LogP contribution in [0.25, 0.3) is 0 Å². The van der Waals surface area contributed by atoms with Gasteiger partial charge in [0.15, 0.2) is 18.5 Å². The van der Waals surface area contributed by atoms with Crippen LogP contribution in [0.3, 0.4) is 0 Å². The zero-order valence-corrected chi connectivity index (χ0v) is 34.3. The maximum Gasteiger partial charge on any atom is 0.508 e. The predicted molar refractivity (Wildman–Crippen MR) is 199 cm³/mol. The van der Waals surface area contributed by atoms with Gasteiger partial charge in [0, 0.05) is 61.0 Å². The highest BCUT2D eigenvalue weighted by Gasteiger charge is 2.51. The molecule has 20 nitrogen and oxygen atoms in total. The minimum atomic E-state index is -3.70. The van der Waals surface area contributed by atoms with E-state index < -0.39 is 97.5 Å². The Bertz CT molecular complexity index is 1560. The first-order valence-electron chi connectivity index (χ1n) is 18.0. The maximum absolute atomic E-state index is 13.0. The predicted octanol–water partition coefficient (Wildman–Crippen LogP) is 1.74. The van der Waals surface area contributed by atoms with Crippen LogP contribution in [0.15, 0.2) is 30.3 Å². The lowest BCUT2D eigenvalue weighted by Gasteiger charge is -2.44. The Morgan fingerprint density at radius 2 is 1.53 bits per heavy atom. The fraction of sp³-hybridized carbons (Fsp3) is 0.657. The quantitative estimate of drug-likeness (QED) is 0.0631. The van der Waals surface area contributed by atoms with Crippen LogP contribution in [0.2, 0.25) is 0 Å². The fourth-order valence-electron chi connectivity index (χ4n) is 6.25. The molecule has 320 valence electrons. The van der Waals surface area contributed by atoms with E-state index in [1.54, 1.807) is 24.3 Å². The van der Waals surface area contributed by atoms with Gasteiger partial charge in [-0.15, -0.1) is 0 Å². The topological polar surface area (TPSA) is 251 Å². The molecule has 0 radical (unpaired) electrons. The van der Waals surface area contributed by atoms with Crippen LogP contribution in [0, 0.1) is 5.92 Å². The Hall–Kier alpha value is -3.95. The molecule has 1 saturated carbocycles. The van der Waals surface area contributed by atoms with Gasteiger partial charge in [-0.05, 0) is 36.6 Å². The third-order valence-corrected chi connectivity index (χ3v) is 10.3. The van der Waals surface area contributed by atoms with Gasteiger partial charge in [0.1, 0.15) is 44.2 Å². The maximum atomic E-state index is 13.0. The number of urea groups is 1. The highest BCUT2D eigenvalue weighted by Crippen LogP contribution is 2.48. The van der Waals surface area contributed by atoms with Crippen molar-refractivity contribution in [2.75, 3.05) is 40.6 Å². The zero-order valence-electron chi connectivity index (χ0n) is 32.6. The molecule has 2 unspecified atom stereocenters. The Morgan fingerprint density at radius 3 is 2.14 bits per heavy atom. The molecule has 57 heavy (non-hydrogen) atoms. The van der Waals surface area contributed by atoms with Crippen molar-refractivity contribution in [3.05, 3.63) is 35.9 Å². The van der Waals surface area contributed by atoms with Gasteiger partial charge in [-0.3, -0.25) is 19.2 Å². The zero-order chi connectivity index (χ0) is 42.1. The molecule has 1 aliphatic carbocycles. The summed E-state index contributed by atoms with van der Waals surface area (Å²) in [5.41, 5.74) is 0.768. The van der Waals surface area contributed by atoms with E-state index in [0.717, 1.165) is 19.4 Å². The van der Waals surface area contributed by atoms with Crippen molar-refractivity contribution in [3.63, 3.8) is 0 Å². The number of carbonyl (C=O) groups is 6. The normalized spacial score (nSPS) is 26.5. The lowest BCUT2D eigenvalue weighted by Crippen LogP contribution is -2.66. The standard InChI is InChI=1S/C35H52N3O17PS/c1-20(39)37-28-32(53-23(4)42)31(52-22(3)41)27(19-49-21(2)40)54-33(28)48-15-11-10-14-36-34(43)38-26-16-25(29(30(26)46-5)55-56(45,57)47-6)18-51-35(44)50-17-24-12-8-7-9-13-24/h7-9,12-13,25-33H,10-11,14-19H2,1-6H3,(H,37,39)(H,45,57)(H2,36,38,43)/t25-,26-,27-,28-,29?,30-,31+,32-,33-,56?/m1/s1. The first-order chi connectivity index (χ1) is 27.0. The number of rotatable bonds is 20. The summed E-state index contributed by atoms with van der Waals surface area (Å²) in [5.74, 6) is -3.19. The molecule has 2 aliphatic rings. The molecule has 1 aromatic rings. The molecule has 2 fully saturated rings. The van der Waals surface area contributed by atoms with Gasteiger partial charge in [-0.1, -0.05) is 30.3 Å². The molecule has 0 aromatic heterocycles. The fourth-order valence-corrected chi connectivity index (χ4v) is 7.24. The molecule has 1 heterocycles. The second-order valence-corrected chi connectivity index (χ2v) is 16.0. The van der Waals surface area contributed by atoms with Crippen molar-refractivity contribution in [1.29, 1.82) is 0 Å². The number of benzene rings is 1. The highest BCUT2D eigenvalue weighted by molar-refractivity contribution is 8.07. The van der Waals surface area contributed by atoms with Crippen molar-refractivity contribution in [1.82, 2.24) is 16.0 Å². The van der Waals surface area contributed by atoms with E-state index in [1.165, 1.54) is 28.1 Å². The van der Waals surface area contributed by atoms with Crippen LogP contribution in [0.1, 0.15) is 52.5 Å². The van der Waals surface area contributed by atoms with E-state index in [9.17, 15) is 33.7 Å². The molecule has 10 atom stereocenters. The largest absolute Gasteiger partial charge is 0.508 e. The number of hydrogen-bond acceptors (Lipinski definition) is 17. The van der Waals surface area contributed by atoms with Gasteiger partial charge < -0.3 is 67.8 Å². The van der Waals surface area contributed by atoms with E-state index in [2.05, 4.69) is 16.0 Å². The SMILES string of the molecule is CO[C@H]1C(OP(O)(=S)OC)[C@@H](COC(=O)OCc2ccccc2)C[C@H]1NC(=O)NCCCCO[C@@H]1O[C@H](COC(C)=O)[C@H](OC(C)=O)[C@H](OC(C)=O)[C@H]1NC(C)=O. The summed E-state index contributed by atoms with van der Waals surface area (Å²) in [6.45, 7) is 0.668. The lowest BCUT2D eigenvalue weighted by atomic mass is 9.96. The molecule has 0 bridgehead atoms. The van der Waals surface area contributed by atoms with Crippen LogP contribution in [-0.4, -0.2) is 130 Å². The van der Waals surface area contributed by atoms with Crippen molar-refractivity contribution in [2.24, 2.45) is 5.92 Å². The summed E-state index contributed by atoms with van der Waals surface area (Å²) in [7, 11) is 2.60. The van der Waals surface area contributed by atoms with Crippen LogP contribution < -0.4 is 16.0 Å². The number of nitrogens with one attached hydrogen (secondary N) is 3. The third kappa shape index (κ3) is 16.1. The van der Waals surface area contributed by atoms with Gasteiger partial charge in [-0.2, -0.15) is 0 Å².